The number of carbonyl (C=O) groups is 1. The highest BCUT2D eigenvalue weighted by molar-refractivity contribution is 5.83. The molecule has 0 aromatic carbocycles. The lowest BCUT2D eigenvalue weighted by Crippen LogP contribution is -2.02. The monoisotopic (exact) mass is 101 g/mol. The minimum atomic E-state index is -0.569. The molecule has 1 N–H and O–H groups in total. The zero-order chi connectivity index (χ0) is 5.28. The Hall–Kier alpha value is -0.570. The number of carbonyl (C=O) groups excluding carboxylic acids is 1. The van der Waals surface area contributed by atoms with E-state index < -0.39 is 5.97 Å². The van der Waals surface area contributed by atoms with E-state index in [9.17, 15) is 4.79 Å². The third-order valence-electron chi connectivity index (χ3n) is 0.808. The van der Waals surface area contributed by atoms with Gasteiger partial charge in [-0.15, -0.1) is 0 Å². The van der Waals surface area contributed by atoms with Crippen LogP contribution in [0.1, 0.15) is 6.42 Å². The van der Waals surface area contributed by atoms with Crippen molar-refractivity contribution in [3.8, 4) is 0 Å². The summed E-state index contributed by atoms with van der Waals surface area (Å²) in [5.74, 6) is -0.569. The number of esters is 1. The number of aliphatic hydroxyl groups is 1. The zero-order valence-corrected chi connectivity index (χ0v) is 3.68. The normalized spacial score (nSPS) is 22.7. The van der Waals surface area contributed by atoms with Crippen LogP contribution in [0.15, 0.2) is 0 Å². The van der Waals surface area contributed by atoms with Crippen LogP contribution in [0.2, 0.25) is 0 Å². The molecule has 1 fully saturated rings. The summed E-state index contributed by atoms with van der Waals surface area (Å²) in [5, 5.41) is 8.44. The molecule has 3 nitrogen and oxygen atoms in total. The Balaban J connectivity index is 2.48. The number of rotatable bonds is 0. The molecule has 1 aliphatic heterocycles. The lowest BCUT2D eigenvalue weighted by atomic mass is 10.3. The van der Waals surface area contributed by atoms with Crippen molar-refractivity contribution in [2.45, 2.75) is 6.42 Å². The van der Waals surface area contributed by atoms with Crippen LogP contribution in [-0.2, 0) is 9.53 Å². The molecule has 7 heavy (non-hydrogen) atoms. The Labute approximate surface area is 40.9 Å². The molecule has 1 heterocycles. The standard InChI is InChI=1S/C4H5O3/c5-3-1-2-7-4(3)6/h5H,1-2H2. The highest BCUT2D eigenvalue weighted by Gasteiger charge is 2.24. The zero-order valence-electron chi connectivity index (χ0n) is 3.68. The molecular formula is C4H5O3. The lowest BCUT2D eigenvalue weighted by molar-refractivity contribution is -0.139. The second-order valence-electron chi connectivity index (χ2n) is 1.33. The fourth-order valence-corrected chi connectivity index (χ4v) is 0.426. The molecule has 39 valence electrons. The van der Waals surface area contributed by atoms with Crippen molar-refractivity contribution in [1.29, 1.82) is 0 Å². The number of ether oxygens (including phenoxy) is 1. The Morgan fingerprint density at radius 2 is 2.43 bits per heavy atom. The average Bonchev–Trinajstić information content (AvgIpc) is 1.91. The van der Waals surface area contributed by atoms with Crippen LogP contribution in [0.3, 0.4) is 0 Å². The molecule has 0 bridgehead atoms. The predicted molar refractivity (Wildman–Crippen MR) is 20.8 cm³/mol. The molecule has 0 spiro atoms. The first kappa shape index (κ1) is 4.59. The second-order valence-corrected chi connectivity index (χ2v) is 1.33. The van der Waals surface area contributed by atoms with Gasteiger partial charge in [0.25, 0.3) is 0 Å². The molecule has 1 rings (SSSR count). The van der Waals surface area contributed by atoms with E-state index in [1.54, 1.807) is 0 Å². The van der Waals surface area contributed by atoms with Crippen molar-refractivity contribution >= 4 is 5.97 Å². The molecule has 1 radical (unpaired) electrons. The van der Waals surface area contributed by atoms with E-state index in [0.717, 1.165) is 0 Å². The van der Waals surface area contributed by atoms with E-state index in [1.807, 2.05) is 0 Å². The fourth-order valence-electron chi connectivity index (χ4n) is 0.426. The summed E-state index contributed by atoms with van der Waals surface area (Å²) >= 11 is 0. The van der Waals surface area contributed by atoms with Gasteiger partial charge >= 0.3 is 5.97 Å². The van der Waals surface area contributed by atoms with E-state index in [-0.39, 0.29) is 6.10 Å². The minimum Gasteiger partial charge on any atom is -0.463 e. The van der Waals surface area contributed by atoms with E-state index in [1.165, 1.54) is 0 Å². The first-order valence-electron chi connectivity index (χ1n) is 2.02. The lowest BCUT2D eigenvalue weighted by Gasteiger charge is -1.86. The molecule has 0 aliphatic carbocycles. The van der Waals surface area contributed by atoms with Gasteiger partial charge in [-0.3, -0.25) is 0 Å². The highest BCUT2D eigenvalue weighted by atomic mass is 16.6. The van der Waals surface area contributed by atoms with Gasteiger partial charge in [-0.25, -0.2) is 4.79 Å². The van der Waals surface area contributed by atoms with Crippen molar-refractivity contribution < 1.29 is 14.6 Å². The fraction of sp³-hybridized carbons (Fsp3) is 0.500. The molecule has 0 aromatic rings. The van der Waals surface area contributed by atoms with Crippen LogP contribution in [0.4, 0.5) is 0 Å². The van der Waals surface area contributed by atoms with Crippen molar-refractivity contribution in [2.24, 2.45) is 0 Å². The van der Waals surface area contributed by atoms with Crippen LogP contribution in [0.5, 0.6) is 0 Å². The Morgan fingerprint density at radius 3 is 2.57 bits per heavy atom. The van der Waals surface area contributed by atoms with Crippen molar-refractivity contribution in [1.82, 2.24) is 0 Å². The van der Waals surface area contributed by atoms with Crippen molar-refractivity contribution in [3.05, 3.63) is 6.10 Å². The smallest absolute Gasteiger partial charge is 0.342 e. The summed E-state index contributed by atoms with van der Waals surface area (Å²) in [4.78, 5) is 10.1. The SMILES string of the molecule is O=C1OCC[C]1O. The van der Waals surface area contributed by atoms with Gasteiger partial charge < -0.3 is 9.84 Å². The highest BCUT2D eigenvalue weighted by Crippen LogP contribution is 2.11. The maximum Gasteiger partial charge on any atom is 0.342 e. The molecule has 0 aromatic heterocycles. The van der Waals surface area contributed by atoms with E-state index >= 15 is 0 Å². The van der Waals surface area contributed by atoms with Crippen LogP contribution in [0.25, 0.3) is 0 Å². The van der Waals surface area contributed by atoms with Gasteiger partial charge in [-0.05, 0) is 0 Å². The molecule has 1 aliphatic rings. The van der Waals surface area contributed by atoms with Crippen LogP contribution in [0, 0.1) is 6.10 Å². The summed E-state index contributed by atoms with van der Waals surface area (Å²) < 4.78 is 4.34. The largest absolute Gasteiger partial charge is 0.463 e. The van der Waals surface area contributed by atoms with E-state index in [4.69, 9.17) is 5.11 Å². The van der Waals surface area contributed by atoms with E-state index in [2.05, 4.69) is 4.74 Å². The molecule has 0 amide bonds. The maximum atomic E-state index is 10.1. The predicted octanol–water partition coefficient (Wildman–Crippen LogP) is -0.162. The second kappa shape index (κ2) is 1.50. The molecule has 1 saturated heterocycles. The van der Waals surface area contributed by atoms with Gasteiger partial charge in [0.1, 0.15) is 0 Å². The maximum absolute atomic E-state index is 10.1. The molecular weight excluding hydrogens is 96.0 g/mol. The summed E-state index contributed by atoms with van der Waals surface area (Å²) in [5.41, 5.74) is 0. The molecule has 0 unspecified atom stereocenters. The van der Waals surface area contributed by atoms with Crippen LogP contribution < -0.4 is 0 Å². The van der Waals surface area contributed by atoms with E-state index in [0.29, 0.717) is 13.0 Å². The van der Waals surface area contributed by atoms with Gasteiger partial charge in [-0.1, -0.05) is 0 Å². The third-order valence-corrected chi connectivity index (χ3v) is 0.808. The quantitative estimate of drug-likeness (QED) is 0.431. The van der Waals surface area contributed by atoms with Gasteiger partial charge in [0.15, 0.2) is 0 Å². The molecule has 3 heteroatoms. The minimum absolute atomic E-state index is 0.153. The van der Waals surface area contributed by atoms with Crippen LogP contribution in [-0.4, -0.2) is 17.7 Å². The van der Waals surface area contributed by atoms with Gasteiger partial charge in [-0.2, -0.15) is 0 Å². The first-order chi connectivity index (χ1) is 3.30. The molecule has 0 saturated carbocycles. The van der Waals surface area contributed by atoms with Crippen molar-refractivity contribution in [2.75, 3.05) is 6.61 Å². The van der Waals surface area contributed by atoms with Crippen molar-refractivity contribution in [3.63, 3.8) is 0 Å². The average molecular weight is 101 g/mol. The summed E-state index contributed by atoms with van der Waals surface area (Å²) in [6.07, 6.45) is 0.221. The number of aliphatic hydroxyl groups excluding tert-OH is 1. The van der Waals surface area contributed by atoms with Gasteiger partial charge in [0.2, 0.25) is 6.10 Å². The Bertz CT molecular complexity index is 88.9. The van der Waals surface area contributed by atoms with Gasteiger partial charge in [0.05, 0.1) is 6.61 Å². The first-order valence-corrected chi connectivity index (χ1v) is 2.02. The van der Waals surface area contributed by atoms with Crippen LogP contribution >= 0.6 is 0 Å². The van der Waals surface area contributed by atoms with Gasteiger partial charge in [0, 0.05) is 6.42 Å². The summed E-state index contributed by atoms with van der Waals surface area (Å²) in [6.45, 7) is 0.338. The Morgan fingerprint density at radius 1 is 1.71 bits per heavy atom. The summed E-state index contributed by atoms with van der Waals surface area (Å²) in [6, 6.07) is 0. The Kier molecular flexibility index (Phi) is 0.982. The topological polar surface area (TPSA) is 46.5 Å². The summed E-state index contributed by atoms with van der Waals surface area (Å²) in [7, 11) is 0. The molecule has 0 atom stereocenters. The number of cyclic esters (lactones) is 1. The number of hydrogen-bond acceptors (Lipinski definition) is 3. The third kappa shape index (κ3) is 0.718. The number of hydrogen-bond donors (Lipinski definition) is 1.